The molecule has 0 amide bonds. The largest absolute Gasteiger partial charge is 0.496 e. The van der Waals surface area contributed by atoms with E-state index in [1.165, 1.54) is 36.8 Å². The van der Waals surface area contributed by atoms with E-state index in [1.807, 2.05) is 19.1 Å². The number of benzene rings is 2. The highest BCUT2D eigenvalue weighted by Gasteiger charge is 2.31. The summed E-state index contributed by atoms with van der Waals surface area (Å²) in [5.74, 6) is -1.15. The summed E-state index contributed by atoms with van der Waals surface area (Å²) in [4.78, 5) is 11.5. The van der Waals surface area contributed by atoms with Crippen molar-refractivity contribution < 1.29 is 23.0 Å². The Kier molecular flexibility index (Phi) is 9.71. The molecule has 0 saturated heterocycles. The number of alkyl halides is 2. The van der Waals surface area contributed by atoms with Crippen LogP contribution in [-0.4, -0.2) is 25.4 Å². The Morgan fingerprint density at radius 2 is 1.77 bits per heavy atom. The second kappa shape index (κ2) is 12.5. The zero-order valence-corrected chi connectivity index (χ0v) is 21.6. The lowest BCUT2D eigenvalue weighted by atomic mass is 9.76. The standard InChI is InChI=1S/C30H40F2O3/c1-5-18-35-27-16-15-26(28(20-27)34-4)19-22-7-9-24(10-8-22)25-13-11-23(12-14-25)21(2)6-17-29(33)30(3,31)32/h11-16,20-22,24H,5-10,17-19H2,1-4H3. The van der Waals surface area contributed by atoms with Gasteiger partial charge in [-0.1, -0.05) is 44.2 Å². The molecule has 2 aromatic rings. The number of Topliss-reactive ketones (excluding diaryl/α,β-unsaturated/α-hetero) is 1. The number of ketones is 1. The van der Waals surface area contributed by atoms with Crippen molar-refractivity contribution in [2.75, 3.05) is 13.7 Å². The molecule has 3 rings (SSSR count). The van der Waals surface area contributed by atoms with E-state index in [2.05, 4.69) is 37.3 Å². The number of rotatable bonds is 12. The highest BCUT2D eigenvalue weighted by molar-refractivity contribution is 5.85. The average molecular weight is 487 g/mol. The summed E-state index contributed by atoms with van der Waals surface area (Å²) < 4.78 is 37.6. The van der Waals surface area contributed by atoms with Gasteiger partial charge in [-0.15, -0.1) is 0 Å². The Bertz CT molecular complexity index is 941. The second-order valence-corrected chi connectivity index (χ2v) is 10.2. The SMILES string of the molecule is CCCOc1ccc(CC2CCC(c3ccc(C(C)CCC(=O)C(C)(F)F)cc3)CC2)c(OC)c1. The molecule has 0 radical (unpaired) electrons. The van der Waals surface area contributed by atoms with Crippen molar-refractivity contribution in [2.24, 2.45) is 5.92 Å². The van der Waals surface area contributed by atoms with Crippen LogP contribution in [0, 0.1) is 5.92 Å². The molecular weight excluding hydrogens is 446 g/mol. The van der Waals surface area contributed by atoms with Crippen molar-refractivity contribution >= 4 is 5.78 Å². The fourth-order valence-electron chi connectivity index (χ4n) is 5.04. The molecule has 1 aliphatic carbocycles. The molecule has 0 heterocycles. The van der Waals surface area contributed by atoms with E-state index in [0.29, 0.717) is 31.8 Å². The summed E-state index contributed by atoms with van der Waals surface area (Å²) in [5.41, 5.74) is 3.70. The molecule has 0 spiro atoms. The fraction of sp³-hybridized carbons (Fsp3) is 0.567. The predicted molar refractivity (Wildman–Crippen MR) is 137 cm³/mol. The van der Waals surface area contributed by atoms with Gasteiger partial charge in [-0.05, 0) is 85.5 Å². The van der Waals surface area contributed by atoms with Gasteiger partial charge in [-0.3, -0.25) is 4.79 Å². The molecule has 0 N–H and O–H groups in total. The number of halogens is 2. The van der Waals surface area contributed by atoms with Gasteiger partial charge in [-0.25, -0.2) is 0 Å². The summed E-state index contributed by atoms with van der Waals surface area (Å²) in [5, 5.41) is 0. The minimum absolute atomic E-state index is 0.0832. The number of ether oxygens (including phenoxy) is 2. The van der Waals surface area contributed by atoms with E-state index in [0.717, 1.165) is 29.9 Å². The van der Waals surface area contributed by atoms with Crippen molar-refractivity contribution in [3.8, 4) is 11.5 Å². The highest BCUT2D eigenvalue weighted by atomic mass is 19.3. The first kappa shape index (κ1) is 27.2. The molecule has 0 aliphatic heterocycles. The molecule has 1 aliphatic rings. The third kappa shape index (κ3) is 7.78. The maximum Gasteiger partial charge on any atom is 0.302 e. The van der Waals surface area contributed by atoms with E-state index in [-0.39, 0.29) is 12.3 Å². The van der Waals surface area contributed by atoms with E-state index in [4.69, 9.17) is 9.47 Å². The van der Waals surface area contributed by atoms with Crippen LogP contribution in [0.25, 0.3) is 0 Å². The molecule has 192 valence electrons. The van der Waals surface area contributed by atoms with Crippen LogP contribution in [0.2, 0.25) is 0 Å². The first-order valence-electron chi connectivity index (χ1n) is 13.0. The highest BCUT2D eigenvalue weighted by Crippen LogP contribution is 2.39. The second-order valence-electron chi connectivity index (χ2n) is 10.2. The predicted octanol–water partition coefficient (Wildman–Crippen LogP) is 8.11. The number of methoxy groups -OCH3 is 1. The Labute approximate surface area is 209 Å². The first-order valence-corrected chi connectivity index (χ1v) is 13.0. The zero-order chi connectivity index (χ0) is 25.4. The van der Waals surface area contributed by atoms with Gasteiger partial charge in [0.25, 0.3) is 0 Å². The molecule has 0 aromatic heterocycles. The zero-order valence-electron chi connectivity index (χ0n) is 21.6. The van der Waals surface area contributed by atoms with Crippen molar-refractivity contribution in [3.05, 3.63) is 59.2 Å². The summed E-state index contributed by atoms with van der Waals surface area (Å²) in [6.45, 7) is 5.49. The Hall–Kier alpha value is -2.43. The van der Waals surface area contributed by atoms with Gasteiger partial charge in [-0.2, -0.15) is 8.78 Å². The van der Waals surface area contributed by atoms with Crippen LogP contribution < -0.4 is 9.47 Å². The molecule has 2 aromatic carbocycles. The molecule has 1 fully saturated rings. The lowest BCUT2D eigenvalue weighted by molar-refractivity contribution is -0.140. The molecule has 1 saturated carbocycles. The maximum absolute atomic E-state index is 13.1. The third-order valence-electron chi connectivity index (χ3n) is 7.36. The van der Waals surface area contributed by atoms with Crippen LogP contribution >= 0.6 is 0 Å². The third-order valence-corrected chi connectivity index (χ3v) is 7.36. The summed E-state index contributed by atoms with van der Waals surface area (Å²) in [6.07, 6.45) is 7.07. The van der Waals surface area contributed by atoms with Gasteiger partial charge < -0.3 is 9.47 Å². The maximum atomic E-state index is 13.1. The quantitative estimate of drug-likeness (QED) is 0.304. The van der Waals surface area contributed by atoms with Gasteiger partial charge in [0.2, 0.25) is 5.78 Å². The number of carbonyl (C=O) groups excluding carboxylic acids is 1. The molecule has 35 heavy (non-hydrogen) atoms. The van der Waals surface area contributed by atoms with E-state index >= 15 is 0 Å². The van der Waals surface area contributed by atoms with E-state index in [1.54, 1.807) is 7.11 Å². The van der Waals surface area contributed by atoms with Gasteiger partial charge in [0.15, 0.2) is 0 Å². The van der Waals surface area contributed by atoms with Gasteiger partial charge in [0.1, 0.15) is 11.5 Å². The Morgan fingerprint density at radius 1 is 1.09 bits per heavy atom. The van der Waals surface area contributed by atoms with E-state index < -0.39 is 11.7 Å². The normalized spacial score (nSPS) is 19.3. The smallest absolute Gasteiger partial charge is 0.302 e. The number of carbonyl (C=O) groups is 1. The summed E-state index contributed by atoms with van der Waals surface area (Å²) in [7, 11) is 1.72. The van der Waals surface area contributed by atoms with E-state index in [9.17, 15) is 13.6 Å². The van der Waals surface area contributed by atoms with Crippen LogP contribution in [0.5, 0.6) is 11.5 Å². The Balaban J connectivity index is 1.50. The molecule has 1 atom stereocenters. The number of hydrogen-bond acceptors (Lipinski definition) is 3. The lowest BCUT2D eigenvalue weighted by Crippen LogP contribution is -2.24. The lowest BCUT2D eigenvalue weighted by Gasteiger charge is -2.29. The minimum Gasteiger partial charge on any atom is -0.496 e. The van der Waals surface area contributed by atoms with Crippen molar-refractivity contribution in [1.82, 2.24) is 0 Å². The van der Waals surface area contributed by atoms with Crippen LogP contribution in [0.3, 0.4) is 0 Å². The molecule has 1 unspecified atom stereocenters. The van der Waals surface area contributed by atoms with Gasteiger partial charge in [0, 0.05) is 19.4 Å². The molecule has 0 bridgehead atoms. The molecule has 3 nitrogen and oxygen atoms in total. The van der Waals surface area contributed by atoms with Crippen LogP contribution in [0.15, 0.2) is 42.5 Å². The topological polar surface area (TPSA) is 35.5 Å². The number of hydrogen-bond donors (Lipinski definition) is 0. The molecule has 5 heteroatoms. The fourth-order valence-corrected chi connectivity index (χ4v) is 5.04. The average Bonchev–Trinajstić information content (AvgIpc) is 2.86. The van der Waals surface area contributed by atoms with Crippen molar-refractivity contribution in [3.63, 3.8) is 0 Å². The first-order chi connectivity index (χ1) is 16.7. The molecular formula is C30H40F2O3. The van der Waals surface area contributed by atoms with Crippen molar-refractivity contribution in [1.29, 1.82) is 0 Å². The van der Waals surface area contributed by atoms with Crippen LogP contribution in [0.4, 0.5) is 8.78 Å². The van der Waals surface area contributed by atoms with Gasteiger partial charge in [0.05, 0.1) is 13.7 Å². The van der Waals surface area contributed by atoms with Crippen LogP contribution in [0.1, 0.15) is 94.2 Å². The van der Waals surface area contributed by atoms with Crippen LogP contribution in [-0.2, 0) is 11.2 Å². The van der Waals surface area contributed by atoms with Crippen molar-refractivity contribution in [2.45, 2.75) is 89.9 Å². The summed E-state index contributed by atoms with van der Waals surface area (Å²) in [6, 6.07) is 14.8. The van der Waals surface area contributed by atoms with Gasteiger partial charge >= 0.3 is 5.92 Å². The summed E-state index contributed by atoms with van der Waals surface area (Å²) >= 11 is 0. The minimum atomic E-state index is -3.24. The monoisotopic (exact) mass is 486 g/mol. The Morgan fingerprint density at radius 3 is 2.37 bits per heavy atom.